The molecule has 0 atom stereocenters. The lowest BCUT2D eigenvalue weighted by Gasteiger charge is -2.13. The Morgan fingerprint density at radius 1 is 1.29 bits per heavy atom. The normalized spacial score (nSPS) is 14.7. The number of nitrogens with one attached hydrogen (secondary N) is 1. The highest BCUT2D eigenvalue weighted by Crippen LogP contribution is 2.38. The van der Waals surface area contributed by atoms with Crippen molar-refractivity contribution in [3.63, 3.8) is 0 Å². The Kier molecular flexibility index (Phi) is 3.79. The van der Waals surface area contributed by atoms with E-state index in [9.17, 15) is 0 Å². The molecule has 2 aromatic rings. The molecule has 0 spiro atoms. The number of rotatable bonds is 5. The van der Waals surface area contributed by atoms with Gasteiger partial charge >= 0.3 is 0 Å². The lowest BCUT2D eigenvalue weighted by molar-refractivity contribution is 0.565. The molecule has 21 heavy (non-hydrogen) atoms. The van der Waals surface area contributed by atoms with Crippen molar-refractivity contribution in [2.24, 2.45) is 0 Å². The molecule has 0 amide bonds. The van der Waals surface area contributed by atoms with Gasteiger partial charge in [0, 0.05) is 18.5 Å². The summed E-state index contributed by atoms with van der Waals surface area (Å²) in [5, 5.41) is 16.9. The van der Waals surface area contributed by atoms with Gasteiger partial charge in [-0.3, -0.25) is 0 Å². The van der Waals surface area contributed by atoms with Gasteiger partial charge in [-0.2, -0.15) is 0 Å². The molecule has 1 saturated carbocycles. The standard InChI is InChI=1S/C13H19N7S/c1-7(2)10-15-11(14-4)8(3)12(16-10)21-13-17-18-19-20(13)9-5-6-9/h7,9H,5-6H2,1-4H3,(H,14,15,16). The zero-order chi connectivity index (χ0) is 15.0. The van der Waals surface area contributed by atoms with Crippen LogP contribution in [0.1, 0.15) is 50.0 Å². The Labute approximate surface area is 127 Å². The summed E-state index contributed by atoms with van der Waals surface area (Å²) in [6.07, 6.45) is 2.31. The molecule has 2 heterocycles. The summed E-state index contributed by atoms with van der Waals surface area (Å²) in [6, 6.07) is 0.456. The Morgan fingerprint density at radius 3 is 2.67 bits per heavy atom. The summed E-state index contributed by atoms with van der Waals surface area (Å²) in [5.41, 5.74) is 1.03. The van der Waals surface area contributed by atoms with Crippen molar-refractivity contribution >= 4 is 17.6 Å². The van der Waals surface area contributed by atoms with Gasteiger partial charge in [-0.25, -0.2) is 14.6 Å². The van der Waals surface area contributed by atoms with Gasteiger partial charge in [0.1, 0.15) is 16.7 Å². The van der Waals surface area contributed by atoms with Crippen molar-refractivity contribution in [2.45, 2.75) is 55.8 Å². The van der Waals surface area contributed by atoms with Crippen LogP contribution in [0.3, 0.4) is 0 Å². The quantitative estimate of drug-likeness (QED) is 0.849. The van der Waals surface area contributed by atoms with E-state index in [1.807, 2.05) is 18.7 Å². The van der Waals surface area contributed by atoms with Crippen LogP contribution in [0.5, 0.6) is 0 Å². The van der Waals surface area contributed by atoms with Crippen LogP contribution in [0.15, 0.2) is 10.2 Å². The van der Waals surface area contributed by atoms with E-state index < -0.39 is 0 Å². The highest BCUT2D eigenvalue weighted by molar-refractivity contribution is 7.99. The molecule has 2 aromatic heterocycles. The van der Waals surface area contributed by atoms with Crippen LogP contribution >= 0.6 is 11.8 Å². The Bertz CT molecular complexity index is 648. The van der Waals surface area contributed by atoms with E-state index in [2.05, 4.69) is 44.7 Å². The van der Waals surface area contributed by atoms with Crippen molar-refractivity contribution < 1.29 is 0 Å². The molecule has 8 heteroatoms. The maximum Gasteiger partial charge on any atom is 0.215 e. The summed E-state index contributed by atoms with van der Waals surface area (Å²) in [4.78, 5) is 9.24. The number of anilines is 1. The molecule has 112 valence electrons. The third kappa shape index (κ3) is 2.85. The predicted molar refractivity (Wildman–Crippen MR) is 80.6 cm³/mol. The van der Waals surface area contributed by atoms with E-state index in [0.29, 0.717) is 6.04 Å². The number of nitrogens with zero attached hydrogens (tertiary/aromatic N) is 6. The van der Waals surface area contributed by atoms with Gasteiger partial charge in [0.15, 0.2) is 0 Å². The predicted octanol–water partition coefficient (Wildman–Crippen LogP) is 2.42. The van der Waals surface area contributed by atoms with E-state index >= 15 is 0 Å². The van der Waals surface area contributed by atoms with Crippen molar-refractivity contribution in [3.8, 4) is 0 Å². The SMILES string of the molecule is CNc1nc(C(C)C)nc(Sc2nnnn2C2CC2)c1C. The minimum Gasteiger partial charge on any atom is -0.373 e. The molecular formula is C13H19N7S. The number of hydrogen-bond donors (Lipinski definition) is 1. The molecule has 0 aliphatic heterocycles. The van der Waals surface area contributed by atoms with Gasteiger partial charge < -0.3 is 5.32 Å². The molecular weight excluding hydrogens is 286 g/mol. The summed E-state index contributed by atoms with van der Waals surface area (Å²) in [5.74, 6) is 1.97. The first-order chi connectivity index (χ1) is 10.1. The van der Waals surface area contributed by atoms with Crippen LogP contribution in [-0.2, 0) is 0 Å². The topological polar surface area (TPSA) is 81.4 Å². The molecule has 0 unspecified atom stereocenters. The molecule has 1 aliphatic carbocycles. The summed E-state index contributed by atoms with van der Waals surface area (Å²) in [7, 11) is 1.88. The largest absolute Gasteiger partial charge is 0.373 e. The molecule has 0 radical (unpaired) electrons. The number of tetrazole rings is 1. The third-order valence-electron chi connectivity index (χ3n) is 3.41. The fourth-order valence-corrected chi connectivity index (χ4v) is 2.92. The summed E-state index contributed by atoms with van der Waals surface area (Å²) < 4.78 is 1.90. The van der Waals surface area contributed by atoms with Gasteiger partial charge in [-0.05, 0) is 42.0 Å². The van der Waals surface area contributed by atoms with Crippen LogP contribution in [-0.4, -0.2) is 37.2 Å². The van der Waals surface area contributed by atoms with Gasteiger partial charge in [-0.1, -0.05) is 13.8 Å². The van der Waals surface area contributed by atoms with Crippen molar-refractivity contribution in [1.82, 2.24) is 30.2 Å². The first kappa shape index (κ1) is 14.2. The molecule has 1 fully saturated rings. The maximum atomic E-state index is 4.68. The van der Waals surface area contributed by atoms with E-state index in [1.165, 1.54) is 11.8 Å². The van der Waals surface area contributed by atoms with Crippen LogP contribution in [0.2, 0.25) is 0 Å². The Hall–Kier alpha value is -1.70. The minimum atomic E-state index is 0.275. The van der Waals surface area contributed by atoms with Crippen LogP contribution in [0.25, 0.3) is 0 Å². The Balaban J connectivity index is 1.96. The van der Waals surface area contributed by atoms with Gasteiger partial charge in [0.05, 0.1) is 6.04 Å². The van der Waals surface area contributed by atoms with E-state index in [4.69, 9.17) is 0 Å². The zero-order valence-electron chi connectivity index (χ0n) is 12.7. The average molecular weight is 305 g/mol. The minimum absolute atomic E-state index is 0.275. The summed E-state index contributed by atoms with van der Waals surface area (Å²) >= 11 is 1.51. The second kappa shape index (κ2) is 5.59. The first-order valence-corrected chi connectivity index (χ1v) is 7.93. The second-order valence-corrected chi connectivity index (χ2v) is 6.46. The molecule has 0 bridgehead atoms. The second-order valence-electron chi connectivity index (χ2n) is 5.50. The summed E-state index contributed by atoms with van der Waals surface area (Å²) in [6.45, 7) is 6.20. The van der Waals surface area contributed by atoms with Crippen LogP contribution in [0, 0.1) is 6.92 Å². The van der Waals surface area contributed by atoms with Crippen molar-refractivity contribution in [1.29, 1.82) is 0 Å². The highest BCUT2D eigenvalue weighted by atomic mass is 32.2. The average Bonchev–Trinajstić information content (AvgIpc) is 3.21. The van der Waals surface area contributed by atoms with Gasteiger partial charge in [-0.15, -0.1) is 5.10 Å². The fourth-order valence-electron chi connectivity index (χ4n) is 2.00. The van der Waals surface area contributed by atoms with Crippen LogP contribution < -0.4 is 5.32 Å². The fraction of sp³-hybridized carbons (Fsp3) is 0.615. The molecule has 0 saturated heterocycles. The monoisotopic (exact) mass is 305 g/mol. The van der Waals surface area contributed by atoms with Gasteiger partial charge in [0.25, 0.3) is 0 Å². The number of hydrogen-bond acceptors (Lipinski definition) is 7. The molecule has 3 rings (SSSR count). The lowest BCUT2D eigenvalue weighted by Crippen LogP contribution is -2.07. The van der Waals surface area contributed by atoms with E-state index in [-0.39, 0.29) is 5.92 Å². The molecule has 1 N–H and O–H groups in total. The third-order valence-corrected chi connectivity index (χ3v) is 4.46. The molecule has 0 aromatic carbocycles. The Morgan fingerprint density at radius 2 is 2.05 bits per heavy atom. The first-order valence-electron chi connectivity index (χ1n) is 7.12. The van der Waals surface area contributed by atoms with E-state index in [1.54, 1.807) is 0 Å². The zero-order valence-corrected chi connectivity index (χ0v) is 13.5. The van der Waals surface area contributed by atoms with E-state index in [0.717, 1.165) is 40.2 Å². The number of aromatic nitrogens is 6. The lowest BCUT2D eigenvalue weighted by atomic mass is 10.2. The molecule has 7 nitrogen and oxygen atoms in total. The highest BCUT2D eigenvalue weighted by Gasteiger charge is 2.28. The van der Waals surface area contributed by atoms with Crippen molar-refractivity contribution in [3.05, 3.63) is 11.4 Å². The molecule has 1 aliphatic rings. The van der Waals surface area contributed by atoms with Crippen LogP contribution in [0.4, 0.5) is 5.82 Å². The van der Waals surface area contributed by atoms with Gasteiger partial charge in [0.2, 0.25) is 5.16 Å². The van der Waals surface area contributed by atoms with Crippen molar-refractivity contribution in [2.75, 3.05) is 12.4 Å². The maximum absolute atomic E-state index is 4.68. The smallest absolute Gasteiger partial charge is 0.215 e.